The predicted octanol–water partition coefficient (Wildman–Crippen LogP) is 4.82. The van der Waals surface area contributed by atoms with E-state index in [0.29, 0.717) is 27.9 Å². The second-order valence-corrected chi connectivity index (χ2v) is 10.1. The SMILES string of the molecule is CCCCN1C(=O)/C(=C/c2c(C)c(C#N)c(=O)n(CCCC)c2N2CCCCC2)SC1=S. The molecule has 1 amide bonds. The lowest BCUT2D eigenvalue weighted by Crippen LogP contribution is -2.37. The molecule has 0 saturated carbocycles. The van der Waals surface area contributed by atoms with E-state index in [1.807, 2.05) is 13.0 Å². The fourth-order valence-electron chi connectivity index (χ4n) is 4.25. The molecule has 0 aromatic carbocycles. The van der Waals surface area contributed by atoms with Crippen LogP contribution in [0.2, 0.25) is 0 Å². The molecule has 0 aliphatic carbocycles. The third kappa shape index (κ3) is 4.94. The third-order valence-electron chi connectivity index (χ3n) is 6.12. The van der Waals surface area contributed by atoms with Gasteiger partial charge in [-0.3, -0.25) is 19.1 Å². The largest absolute Gasteiger partial charge is 0.357 e. The van der Waals surface area contributed by atoms with Crippen LogP contribution in [0.3, 0.4) is 0 Å². The average molecular weight is 473 g/mol. The van der Waals surface area contributed by atoms with Crippen molar-refractivity contribution in [2.75, 3.05) is 24.5 Å². The number of rotatable bonds is 8. The highest BCUT2D eigenvalue weighted by molar-refractivity contribution is 8.26. The van der Waals surface area contributed by atoms with Gasteiger partial charge in [-0.25, -0.2) is 0 Å². The number of pyridine rings is 1. The van der Waals surface area contributed by atoms with Gasteiger partial charge >= 0.3 is 0 Å². The lowest BCUT2D eigenvalue weighted by molar-refractivity contribution is -0.122. The number of hydrogen-bond donors (Lipinski definition) is 0. The van der Waals surface area contributed by atoms with Crippen molar-refractivity contribution in [2.24, 2.45) is 0 Å². The minimum atomic E-state index is -0.230. The zero-order chi connectivity index (χ0) is 23.3. The summed E-state index contributed by atoms with van der Waals surface area (Å²) in [5.74, 6) is 0.765. The van der Waals surface area contributed by atoms with Crippen LogP contribution in [0, 0.1) is 18.3 Å². The maximum atomic E-state index is 13.3. The van der Waals surface area contributed by atoms with Gasteiger partial charge in [0.1, 0.15) is 21.8 Å². The minimum Gasteiger partial charge on any atom is -0.357 e. The summed E-state index contributed by atoms with van der Waals surface area (Å²) in [6.45, 7) is 8.92. The van der Waals surface area contributed by atoms with Crippen molar-refractivity contribution < 1.29 is 4.79 Å². The van der Waals surface area contributed by atoms with Gasteiger partial charge in [0.15, 0.2) is 0 Å². The van der Waals surface area contributed by atoms with Crippen molar-refractivity contribution in [3.63, 3.8) is 0 Å². The van der Waals surface area contributed by atoms with Crippen molar-refractivity contribution in [1.29, 1.82) is 5.26 Å². The molecular formula is C24H32N4O2S2. The summed E-state index contributed by atoms with van der Waals surface area (Å²) in [5, 5.41) is 9.77. The van der Waals surface area contributed by atoms with Crippen LogP contribution in [-0.4, -0.2) is 39.3 Å². The van der Waals surface area contributed by atoms with Crippen LogP contribution in [0.15, 0.2) is 9.70 Å². The number of nitriles is 1. The van der Waals surface area contributed by atoms with E-state index < -0.39 is 0 Å². The standard InChI is InChI=1S/C24H32N4O2S2/c1-4-6-13-27-21(26-11-9-8-10-12-26)18(17(3)19(16-25)22(27)29)15-20-23(30)28(14-7-5-2)24(31)32-20/h15H,4-14H2,1-3H3/b20-15-. The van der Waals surface area contributed by atoms with E-state index in [1.54, 1.807) is 9.47 Å². The van der Waals surface area contributed by atoms with Crippen LogP contribution in [0.1, 0.15) is 75.5 Å². The number of carbonyl (C=O) groups is 1. The van der Waals surface area contributed by atoms with E-state index in [9.17, 15) is 14.9 Å². The Morgan fingerprint density at radius 1 is 1.09 bits per heavy atom. The zero-order valence-electron chi connectivity index (χ0n) is 19.3. The van der Waals surface area contributed by atoms with E-state index in [-0.39, 0.29) is 17.0 Å². The summed E-state index contributed by atoms with van der Waals surface area (Å²) in [5.41, 5.74) is 1.38. The molecule has 172 valence electrons. The van der Waals surface area contributed by atoms with Crippen molar-refractivity contribution in [3.8, 4) is 6.07 Å². The summed E-state index contributed by atoms with van der Waals surface area (Å²) < 4.78 is 2.34. The monoisotopic (exact) mass is 472 g/mol. The molecule has 2 saturated heterocycles. The Labute approximate surface area is 200 Å². The van der Waals surface area contributed by atoms with Gasteiger partial charge in [0.2, 0.25) is 0 Å². The number of amides is 1. The fourth-order valence-corrected chi connectivity index (χ4v) is 5.54. The molecule has 8 heteroatoms. The molecular weight excluding hydrogens is 440 g/mol. The van der Waals surface area contributed by atoms with Crippen LogP contribution < -0.4 is 10.5 Å². The number of carbonyl (C=O) groups excluding carboxylic acids is 1. The molecule has 0 atom stereocenters. The summed E-state index contributed by atoms with van der Waals surface area (Å²) in [7, 11) is 0. The lowest BCUT2D eigenvalue weighted by Gasteiger charge is -2.33. The first kappa shape index (κ1) is 24.5. The molecule has 1 aromatic heterocycles. The Balaban J connectivity index is 2.18. The van der Waals surface area contributed by atoms with Crippen molar-refractivity contribution in [1.82, 2.24) is 9.47 Å². The zero-order valence-corrected chi connectivity index (χ0v) is 20.9. The van der Waals surface area contributed by atoms with E-state index in [1.165, 1.54) is 18.2 Å². The summed E-state index contributed by atoms with van der Waals surface area (Å²) in [6, 6.07) is 2.12. The molecule has 0 bridgehead atoms. The summed E-state index contributed by atoms with van der Waals surface area (Å²) in [4.78, 5) is 30.9. The highest BCUT2D eigenvalue weighted by Gasteiger charge is 2.33. The maximum absolute atomic E-state index is 13.3. The number of thiocarbonyl (C=S) groups is 1. The molecule has 3 rings (SSSR count). The van der Waals surface area contributed by atoms with Crippen LogP contribution in [0.5, 0.6) is 0 Å². The highest BCUT2D eigenvalue weighted by atomic mass is 32.2. The first-order chi connectivity index (χ1) is 15.4. The number of unbranched alkanes of at least 4 members (excludes halogenated alkanes) is 2. The topological polar surface area (TPSA) is 69.3 Å². The van der Waals surface area contributed by atoms with Gasteiger partial charge in [-0.1, -0.05) is 50.7 Å². The number of aromatic nitrogens is 1. The Bertz CT molecular complexity index is 1020. The summed E-state index contributed by atoms with van der Waals surface area (Å²) >= 11 is 6.79. The quantitative estimate of drug-likeness (QED) is 0.399. The van der Waals surface area contributed by atoms with Crippen LogP contribution in [0.4, 0.5) is 5.82 Å². The molecule has 1 aromatic rings. The van der Waals surface area contributed by atoms with Crippen molar-refractivity contribution >= 4 is 46.1 Å². The van der Waals surface area contributed by atoms with Gasteiger partial charge in [-0.05, 0) is 50.7 Å². The normalized spacial score (nSPS) is 18.0. The highest BCUT2D eigenvalue weighted by Crippen LogP contribution is 2.36. The van der Waals surface area contributed by atoms with E-state index in [4.69, 9.17) is 12.2 Å². The third-order valence-corrected chi connectivity index (χ3v) is 7.50. The first-order valence-electron chi connectivity index (χ1n) is 11.6. The van der Waals surface area contributed by atoms with Gasteiger partial charge in [0, 0.05) is 31.7 Å². The van der Waals surface area contributed by atoms with Gasteiger partial charge < -0.3 is 4.90 Å². The first-order valence-corrected chi connectivity index (χ1v) is 12.8. The number of nitrogens with zero attached hydrogens (tertiary/aromatic N) is 4. The molecule has 0 unspecified atom stereocenters. The Morgan fingerprint density at radius 2 is 1.75 bits per heavy atom. The van der Waals surface area contributed by atoms with Crippen LogP contribution in [0.25, 0.3) is 6.08 Å². The molecule has 0 radical (unpaired) electrons. The summed E-state index contributed by atoms with van der Waals surface area (Å²) in [6.07, 6.45) is 8.88. The second-order valence-electron chi connectivity index (χ2n) is 8.39. The Kier molecular flexibility index (Phi) is 8.55. The Hall–Kier alpha value is -2.11. The molecule has 0 N–H and O–H groups in total. The van der Waals surface area contributed by atoms with Crippen molar-refractivity contribution in [2.45, 2.75) is 72.3 Å². The van der Waals surface area contributed by atoms with E-state index in [0.717, 1.165) is 63.0 Å². The molecule has 2 fully saturated rings. The minimum absolute atomic E-state index is 0.0812. The predicted molar refractivity (Wildman–Crippen MR) is 136 cm³/mol. The average Bonchev–Trinajstić information content (AvgIpc) is 3.06. The van der Waals surface area contributed by atoms with Gasteiger partial charge in [0.05, 0.1) is 4.91 Å². The lowest BCUT2D eigenvalue weighted by atomic mass is 10.0. The Morgan fingerprint density at radius 3 is 2.38 bits per heavy atom. The number of thioether (sulfide) groups is 1. The van der Waals surface area contributed by atoms with Crippen LogP contribution in [-0.2, 0) is 11.3 Å². The second kappa shape index (κ2) is 11.2. The number of piperidine rings is 1. The van der Waals surface area contributed by atoms with Gasteiger partial charge in [0.25, 0.3) is 11.5 Å². The van der Waals surface area contributed by atoms with Crippen molar-refractivity contribution in [3.05, 3.63) is 31.9 Å². The van der Waals surface area contributed by atoms with E-state index >= 15 is 0 Å². The maximum Gasteiger partial charge on any atom is 0.270 e. The number of anilines is 1. The van der Waals surface area contributed by atoms with Gasteiger partial charge in [-0.15, -0.1) is 0 Å². The molecule has 2 aliphatic rings. The molecule has 0 spiro atoms. The molecule has 6 nitrogen and oxygen atoms in total. The fraction of sp³-hybridized carbons (Fsp3) is 0.583. The van der Waals surface area contributed by atoms with E-state index in [2.05, 4.69) is 24.8 Å². The van der Waals surface area contributed by atoms with Gasteiger partial charge in [-0.2, -0.15) is 5.26 Å². The molecule has 3 heterocycles. The molecule has 2 aliphatic heterocycles. The van der Waals surface area contributed by atoms with Crippen LogP contribution >= 0.6 is 24.0 Å². The number of hydrogen-bond acceptors (Lipinski definition) is 6. The molecule has 32 heavy (non-hydrogen) atoms. The smallest absolute Gasteiger partial charge is 0.270 e.